The molecule has 0 amide bonds. The highest BCUT2D eigenvalue weighted by molar-refractivity contribution is 7.72. The molecule has 0 saturated heterocycles. The maximum atomic E-state index is 13.2. The van der Waals surface area contributed by atoms with Crippen molar-refractivity contribution in [2.24, 2.45) is 0 Å². The number of halogens is 3. The zero-order valence-electron chi connectivity index (χ0n) is 14.1. The average molecular weight is 370 g/mol. The van der Waals surface area contributed by atoms with Gasteiger partial charge in [0, 0.05) is 6.16 Å². The Morgan fingerprint density at radius 2 is 1.19 bits per heavy atom. The Morgan fingerprint density at radius 3 is 1.69 bits per heavy atom. The largest absolute Gasteiger partial charge is 0.416 e. The summed E-state index contributed by atoms with van der Waals surface area (Å²) in [5, 5.41) is 2.28. The zero-order chi connectivity index (χ0) is 18.6. The van der Waals surface area contributed by atoms with Crippen LogP contribution in [-0.2, 0) is 6.16 Å². The first-order chi connectivity index (χ1) is 12.5. The third-order valence-electron chi connectivity index (χ3n) is 4.15. The molecule has 0 heterocycles. The van der Waals surface area contributed by atoms with Crippen molar-refractivity contribution in [2.45, 2.75) is 12.3 Å². The molecule has 0 aliphatic rings. The van der Waals surface area contributed by atoms with Gasteiger partial charge in [-0.15, -0.1) is 0 Å². The Kier molecular flexibility index (Phi) is 5.58. The van der Waals surface area contributed by atoms with E-state index in [0.717, 1.165) is 10.6 Å². The quantitative estimate of drug-likeness (QED) is 0.491. The van der Waals surface area contributed by atoms with Crippen molar-refractivity contribution < 1.29 is 13.2 Å². The van der Waals surface area contributed by atoms with Crippen LogP contribution in [0.3, 0.4) is 0 Å². The topological polar surface area (TPSA) is 0 Å². The van der Waals surface area contributed by atoms with E-state index in [1.165, 1.54) is 6.07 Å². The summed E-state index contributed by atoms with van der Waals surface area (Å²) in [6, 6.07) is 26.6. The van der Waals surface area contributed by atoms with Crippen molar-refractivity contribution >= 4 is 24.1 Å². The van der Waals surface area contributed by atoms with E-state index in [2.05, 4.69) is 6.58 Å². The van der Waals surface area contributed by atoms with Crippen LogP contribution in [0.5, 0.6) is 0 Å². The van der Waals surface area contributed by atoms with Gasteiger partial charge in [-0.05, 0) is 29.7 Å². The van der Waals surface area contributed by atoms with Crippen LogP contribution in [0.4, 0.5) is 13.2 Å². The molecule has 0 nitrogen and oxygen atoms in total. The summed E-state index contributed by atoms with van der Waals surface area (Å²) in [6.45, 7) is 3.29. The van der Waals surface area contributed by atoms with Crippen LogP contribution in [0, 0.1) is 0 Å². The zero-order valence-corrected chi connectivity index (χ0v) is 15.0. The third-order valence-corrected chi connectivity index (χ3v) is 6.65. The average Bonchev–Trinajstić information content (AvgIpc) is 2.66. The summed E-state index contributed by atoms with van der Waals surface area (Å²) in [5.74, 6) is 0. The first-order valence-corrected chi connectivity index (χ1v) is 9.71. The predicted octanol–water partition coefficient (Wildman–Crippen LogP) is 5.90. The van der Waals surface area contributed by atoms with Crippen LogP contribution >= 0.6 is 7.92 Å². The molecule has 26 heavy (non-hydrogen) atoms. The highest BCUT2D eigenvalue weighted by Crippen LogP contribution is 2.41. The summed E-state index contributed by atoms with van der Waals surface area (Å²) in [4.78, 5) is 0. The van der Waals surface area contributed by atoms with Crippen molar-refractivity contribution in [2.75, 3.05) is 0 Å². The van der Waals surface area contributed by atoms with Gasteiger partial charge in [0.05, 0.1) is 5.57 Å². The Labute approximate surface area is 152 Å². The Balaban J connectivity index is 2.03. The molecular weight excluding hydrogens is 352 g/mol. The lowest BCUT2D eigenvalue weighted by Crippen LogP contribution is -2.15. The first-order valence-electron chi connectivity index (χ1n) is 8.19. The minimum absolute atomic E-state index is 0.180. The van der Waals surface area contributed by atoms with Crippen LogP contribution in [0.15, 0.2) is 91.5 Å². The van der Waals surface area contributed by atoms with Gasteiger partial charge in [0.2, 0.25) is 0 Å². The van der Waals surface area contributed by atoms with E-state index < -0.39 is 19.7 Å². The molecule has 3 rings (SSSR count). The fraction of sp³-hybridized carbons (Fsp3) is 0.0909. The third kappa shape index (κ3) is 4.23. The summed E-state index contributed by atoms with van der Waals surface area (Å²) in [7, 11) is -0.812. The number of rotatable bonds is 5. The number of alkyl halides is 3. The van der Waals surface area contributed by atoms with Gasteiger partial charge in [-0.2, -0.15) is 13.2 Å². The smallest absolute Gasteiger partial charge is 0.166 e. The Hall–Kier alpha value is -2.38. The van der Waals surface area contributed by atoms with Crippen molar-refractivity contribution in [3.63, 3.8) is 0 Å². The molecule has 3 aromatic rings. The molecule has 0 N–H and O–H groups in total. The normalized spacial score (nSPS) is 11.5. The minimum Gasteiger partial charge on any atom is -0.166 e. The lowest BCUT2D eigenvalue weighted by atomic mass is 10.0. The standard InChI is InChI=1S/C22H18F3P/c1-17(22(23,24)25)21-15-9-8-10-18(21)16-26(19-11-4-2-5-12-19)20-13-6-3-7-14-20/h2-15H,1,16H2. The van der Waals surface area contributed by atoms with Crippen LogP contribution in [-0.4, -0.2) is 6.18 Å². The number of hydrogen-bond acceptors (Lipinski definition) is 0. The second-order valence-electron chi connectivity index (χ2n) is 5.89. The number of hydrogen-bond donors (Lipinski definition) is 0. The van der Waals surface area contributed by atoms with Crippen molar-refractivity contribution in [3.05, 3.63) is 103 Å². The lowest BCUT2D eigenvalue weighted by molar-refractivity contribution is -0.0687. The molecule has 0 aromatic heterocycles. The van der Waals surface area contributed by atoms with Crippen molar-refractivity contribution in [3.8, 4) is 0 Å². The van der Waals surface area contributed by atoms with Gasteiger partial charge >= 0.3 is 6.18 Å². The second kappa shape index (κ2) is 7.88. The van der Waals surface area contributed by atoms with E-state index in [0.29, 0.717) is 11.7 Å². The molecule has 0 aliphatic carbocycles. The predicted molar refractivity (Wildman–Crippen MR) is 104 cm³/mol. The van der Waals surface area contributed by atoms with E-state index in [1.54, 1.807) is 18.2 Å². The first kappa shape index (κ1) is 18.4. The van der Waals surface area contributed by atoms with E-state index in [4.69, 9.17) is 0 Å². The molecule has 3 aromatic carbocycles. The summed E-state index contributed by atoms with van der Waals surface area (Å²) in [5.41, 5.74) is 0.0668. The number of allylic oxidation sites excluding steroid dienone is 1. The van der Waals surface area contributed by atoms with Crippen LogP contribution < -0.4 is 10.6 Å². The van der Waals surface area contributed by atoms with Gasteiger partial charge in [-0.3, -0.25) is 0 Å². The van der Waals surface area contributed by atoms with Gasteiger partial charge in [0.15, 0.2) is 0 Å². The maximum absolute atomic E-state index is 13.2. The molecule has 0 saturated carbocycles. The molecule has 0 atom stereocenters. The molecule has 0 aliphatic heterocycles. The molecule has 0 spiro atoms. The van der Waals surface area contributed by atoms with Gasteiger partial charge < -0.3 is 0 Å². The minimum atomic E-state index is -4.43. The SMILES string of the molecule is C=C(c1ccccc1CP(c1ccccc1)c1ccccc1)C(F)(F)F. The van der Waals surface area contributed by atoms with Gasteiger partial charge in [-0.25, -0.2) is 0 Å². The second-order valence-corrected chi connectivity index (χ2v) is 8.10. The summed E-state index contributed by atoms with van der Waals surface area (Å²) >= 11 is 0. The highest BCUT2D eigenvalue weighted by atomic mass is 31.1. The monoisotopic (exact) mass is 370 g/mol. The van der Waals surface area contributed by atoms with Crippen molar-refractivity contribution in [1.29, 1.82) is 0 Å². The summed E-state index contributed by atoms with van der Waals surface area (Å²) < 4.78 is 39.6. The Bertz CT molecular complexity index is 831. The molecular formula is C22H18F3P. The molecule has 0 bridgehead atoms. The fourth-order valence-electron chi connectivity index (χ4n) is 2.82. The van der Waals surface area contributed by atoms with Crippen molar-refractivity contribution in [1.82, 2.24) is 0 Å². The maximum Gasteiger partial charge on any atom is 0.416 e. The van der Waals surface area contributed by atoms with Crippen LogP contribution in [0.2, 0.25) is 0 Å². The Morgan fingerprint density at radius 1 is 0.731 bits per heavy atom. The lowest BCUT2D eigenvalue weighted by Gasteiger charge is -2.21. The molecule has 132 valence electrons. The molecule has 0 fully saturated rings. The highest BCUT2D eigenvalue weighted by Gasteiger charge is 2.34. The van der Waals surface area contributed by atoms with E-state index >= 15 is 0 Å². The summed E-state index contributed by atoms with van der Waals surface area (Å²) in [6.07, 6.45) is -3.90. The van der Waals surface area contributed by atoms with E-state index in [9.17, 15) is 13.2 Å². The number of benzene rings is 3. The van der Waals surface area contributed by atoms with E-state index in [1.807, 2.05) is 60.7 Å². The van der Waals surface area contributed by atoms with Crippen LogP contribution in [0.25, 0.3) is 5.57 Å². The molecule has 0 unspecified atom stereocenters. The molecule has 0 radical (unpaired) electrons. The van der Waals surface area contributed by atoms with Crippen LogP contribution in [0.1, 0.15) is 11.1 Å². The molecule has 4 heteroatoms. The van der Waals surface area contributed by atoms with E-state index in [-0.39, 0.29) is 5.56 Å². The van der Waals surface area contributed by atoms with Gasteiger partial charge in [-0.1, -0.05) is 91.5 Å². The fourth-order valence-corrected chi connectivity index (χ4v) is 5.17. The van der Waals surface area contributed by atoms with Gasteiger partial charge in [0.25, 0.3) is 0 Å². The van der Waals surface area contributed by atoms with Gasteiger partial charge in [0.1, 0.15) is 0 Å².